The second-order valence-electron chi connectivity index (χ2n) is 11.0. The van der Waals surface area contributed by atoms with Crippen LogP contribution in [0.3, 0.4) is 0 Å². The summed E-state index contributed by atoms with van der Waals surface area (Å²) in [5.74, 6) is 3.20. The molecule has 152 valence electrons. The lowest BCUT2D eigenvalue weighted by Crippen LogP contribution is -2.54. The highest BCUT2D eigenvalue weighted by atomic mass is 16.1. The van der Waals surface area contributed by atoms with Crippen LogP contribution in [-0.4, -0.2) is 61.0 Å². The van der Waals surface area contributed by atoms with E-state index in [0.717, 1.165) is 36.8 Å². The zero-order valence-electron chi connectivity index (χ0n) is 17.3. The third-order valence-corrected chi connectivity index (χ3v) is 8.72. The van der Waals surface area contributed by atoms with Gasteiger partial charge in [-0.15, -0.1) is 0 Å². The molecule has 1 N–H and O–H groups in total. The van der Waals surface area contributed by atoms with E-state index in [4.69, 9.17) is 0 Å². The molecule has 2 aliphatic heterocycles. The van der Waals surface area contributed by atoms with Gasteiger partial charge in [0.1, 0.15) is 0 Å². The SMILES string of the molecule is CN1CCC(N2CCC[C@@H](NC(=O)CC34CC5CC(CC(C5)C3)C4)C2)CC1. The number of carbonyl (C=O) groups is 1. The molecule has 4 nitrogen and oxygen atoms in total. The quantitative estimate of drug-likeness (QED) is 0.821. The lowest BCUT2D eigenvalue weighted by atomic mass is 9.49. The molecule has 0 spiro atoms. The average Bonchev–Trinajstić information content (AvgIpc) is 2.60. The summed E-state index contributed by atoms with van der Waals surface area (Å²) in [6.07, 6.45) is 14.3. The summed E-state index contributed by atoms with van der Waals surface area (Å²) in [6, 6.07) is 1.13. The van der Waals surface area contributed by atoms with Crippen molar-refractivity contribution in [3.8, 4) is 0 Å². The number of piperidine rings is 2. The predicted octanol–water partition coefficient (Wildman–Crippen LogP) is 3.27. The Hall–Kier alpha value is -0.610. The number of nitrogens with one attached hydrogen (secondary N) is 1. The van der Waals surface area contributed by atoms with Gasteiger partial charge in [-0.3, -0.25) is 9.69 Å². The smallest absolute Gasteiger partial charge is 0.220 e. The zero-order chi connectivity index (χ0) is 18.4. The molecule has 2 heterocycles. The fourth-order valence-electron chi connectivity index (χ4n) is 7.94. The zero-order valence-corrected chi connectivity index (χ0v) is 17.3. The summed E-state index contributed by atoms with van der Waals surface area (Å²) >= 11 is 0. The van der Waals surface area contributed by atoms with Gasteiger partial charge < -0.3 is 10.2 Å². The first-order valence-corrected chi connectivity index (χ1v) is 11.8. The highest BCUT2D eigenvalue weighted by Crippen LogP contribution is 2.61. The van der Waals surface area contributed by atoms with Gasteiger partial charge in [0.15, 0.2) is 0 Å². The van der Waals surface area contributed by atoms with Crippen molar-refractivity contribution >= 4 is 5.91 Å². The Labute approximate surface area is 165 Å². The minimum atomic E-state index is 0.368. The van der Waals surface area contributed by atoms with Crippen molar-refractivity contribution in [1.82, 2.24) is 15.1 Å². The Morgan fingerprint density at radius 1 is 0.963 bits per heavy atom. The van der Waals surface area contributed by atoms with Crippen LogP contribution in [-0.2, 0) is 4.79 Å². The van der Waals surface area contributed by atoms with E-state index in [1.807, 2.05) is 0 Å². The molecule has 4 heteroatoms. The van der Waals surface area contributed by atoms with Gasteiger partial charge in [0.2, 0.25) is 5.91 Å². The molecule has 0 aromatic heterocycles. The Bertz CT molecular complexity index is 519. The van der Waals surface area contributed by atoms with Gasteiger partial charge in [0, 0.05) is 25.0 Å². The van der Waals surface area contributed by atoms with Crippen molar-refractivity contribution < 1.29 is 4.79 Å². The summed E-state index contributed by atoms with van der Waals surface area (Å²) in [6.45, 7) is 4.77. The highest BCUT2D eigenvalue weighted by molar-refractivity contribution is 5.77. The third kappa shape index (κ3) is 3.94. The second-order valence-corrected chi connectivity index (χ2v) is 11.0. The molecular weight excluding hydrogens is 334 g/mol. The first kappa shape index (κ1) is 18.4. The van der Waals surface area contributed by atoms with Crippen molar-refractivity contribution in [3.63, 3.8) is 0 Å². The Balaban J connectivity index is 1.14. The van der Waals surface area contributed by atoms with E-state index >= 15 is 0 Å². The molecule has 1 atom stereocenters. The molecule has 6 aliphatic rings. The van der Waals surface area contributed by atoms with Crippen LogP contribution in [0.2, 0.25) is 0 Å². The minimum Gasteiger partial charge on any atom is -0.352 e. The number of amides is 1. The van der Waals surface area contributed by atoms with E-state index in [1.54, 1.807) is 0 Å². The van der Waals surface area contributed by atoms with Crippen molar-refractivity contribution in [1.29, 1.82) is 0 Å². The van der Waals surface area contributed by atoms with E-state index in [0.29, 0.717) is 17.4 Å². The van der Waals surface area contributed by atoms with Gasteiger partial charge in [0.05, 0.1) is 0 Å². The molecule has 0 aromatic rings. The molecule has 4 aliphatic carbocycles. The van der Waals surface area contributed by atoms with Gasteiger partial charge in [-0.05, 0) is 114 Å². The number of nitrogens with zero attached hydrogens (tertiary/aromatic N) is 2. The van der Waals surface area contributed by atoms with Crippen LogP contribution in [0.25, 0.3) is 0 Å². The number of hydrogen-bond acceptors (Lipinski definition) is 3. The van der Waals surface area contributed by atoms with Crippen molar-refractivity contribution in [3.05, 3.63) is 0 Å². The van der Waals surface area contributed by atoms with Crippen LogP contribution in [0.1, 0.15) is 70.6 Å². The van der Waals surface area contributed by atoms with E-state index in [2.05, 4.69) is 22.2 Å². The second kappa shape index (κ2) is 7.33. The molecule has 1 amide bonds. The topological polar surface area (TPSA) is 35.6 Å². The summed E-state index contributed by atoms with van der Waals surface area (Å²) < 4.78 is 0. The van der Waals surface area contributed by atoms with E-state index in [1.165, 1.54) is 83.8 Å². The minimum absolute atomic E-state index is 0.368. The van der Waals surface area contributed by atoms with Crippen LogP contribution in [0, 0.1) is 23.2 Å². The summed E-state index contributed by atoms with van der Waals surface area (Å²) in [5.41, 5.74) is 0.376. The summed E-state index contributed by atoms with van der Waals surface area (Å²) in [4.78, 5) is 18.1. The fourth-order valence-corrected chi connectivity index (χ4v) is 7.94. The maximum atomic E-state index is 13.0. The molecule has 6 rings (SSSR count). The Kier molecular flexibility index (Phi) is 5.00. The first-order chi connectivity index (χ1) is 13.1. The molecule has 2 saturated heterocycles. The van der Waals surface area contributed by atoms with Crippen LogP contribution in [0.15, 0.2) is 0 Å². The largest absolute Gasteiger partial charge is 0.352 e. The van der Waals surface area contributed by atoms with Crippen molar-refractivity contribution in [2.45, 2.75) is 82.7 Å². The van der Waals surface area contributed by atoms with Gasteiger partial charge in [-0.2, -0.15) is 0 Å². The maximum Gasteiger partial charge on any atom is 0.220 e. The monoisotopic (exact) mass is 373 g/mol. The number of likely N-dealkylation sites (tertiary alicyclic amines) is 2. The Morgan fingerprint density at radius 3 is 2.22 bits per heavy atom. The standard InChI is InChI=1S/C23H39N3O/c1-25-7-4-21(5-8-25)26-6-2-3-20(16-26)24-22(27)15-23-12-17-9-18(13-23)11-19(10-17)14-23/h17-21H,2-16H2,1H3,(H,24,27)/t17?,18?,19?,20-,23?/m1/s1. The van der Waals surface area contributed by atoms with Crippen molar-refractivity contribution in [2.75, 3.05) is 33.2 Å². The Morgan fingerprint density at radius 2 is 1.59 bits per heavy atom. The lowest BCUT2D eigenvalue weighted by molar-refractivity contribution is -0.130. The van der Waals surface area contributed by atoms with Gasteiger partial charge in [-0.25, -0.2) is 0 Å². The summed E-state index contributed by atoms with van der Waals surface area (Å²) in [5, 5.41) is 3.48. The van der Waals surface area contributed by atoms with Crippen LogP contribution >= 0.6 is 0 Å². The van der Waals surface area contributed by atoms with Crippen LogP contribution in [0.4, 0.5) is 0 Å². The van der Waals surface area contributed by atoms with Crippen LogP contribution in [0.5, 0.6) is 0 Å². The van der Waals surface area contributed by atoms with E-state index < -0.39 is 0 Å². The molecule has 0 unspecified atom stereocenters. The van der Waals surface area contributed by atoms with Gasteiger partial charge in [-0.1, -0.05) is 0 Å². The molecule has 27 heavy (non-hydrogen) atoms. The highest BCUT2D eigenvalue weighted by Gasteiger charge is 2.51. The number of carbonyl (C=O) groups excluding carboxylic acids is 1. The van der Waals surface area contributed by atoms with E-state index in [-0.39, 0.29) is 0 Å². The fraction of sp³-hybridized carbons (Fsp3) is 0.957. The normalized spacial score (nSPS) is 43.1. The molecule has 6 fully saturated rings. The van der Waals surface area contributed by atoms with E-state index in [9.17, 15) is 4.79 Å². The molecular formula is C23H39N3O. The lowest BCUT2D eigenvalue weighted by Gasteiger charge is -2.56. The van der Waals surface area contributed by atoms with Crippen LogP contribution < -0.4 is 5.32 Å². The first-order valence-electron chi connectivity index (χ1n) is 11.8. The molecule has 0 aromatic carbocycles. The summed E-state index contributed by atoms with van der Waals surface area (Å²) in [7, 11) is 2.24. The predicted molar refractivity (Wildman–Crippen MR) is 108 cm³/mol. The molecule has 4 saturated carbocycles. The van der Waals surface area contributed by atoms with Gasteiger partial charge in [0.25, 0.3) is 0 Å². The van der Waals surface area contributed by atoms with Gasteiger partial charge >= 0.3 is 0 Å². The van der Waals surface area contributed by atoms with Crippen molar-refractivity contribution in [2.24, 2.45) is 23.2 Å². The molecule has 4 bridgehead atoms. The number of rotatable bonds is 4. The number of hydrogen-bond donors (Lipinski definition) is 1. The molecule has 0 radical (unpaired) electrons. The maximum absolute atomic E-state index is 13.0. The third-order valence-electron chi connectivity index (χ3n) is 8.72. The average molecular weight is 374 g/mol.